The summed E-state index contributed by atoms with van der Waals surface area (Å²) in [7, 11) is 2.00. The van der Waals surface area contributed by atoms with E-state index in [2.05, 4.69) is 50.4 Å². The summed E-state index contributed by atoms with van der Waals surface area (Å²) in [4.78, 5) is 0. The van der Waals surface area contributed by atoms with E-state index in [0.717, 1.165) is 12.8 Å². The molecule has 3 unspecified atom stereocenters. The van der Waals surface area contributed by atoms with Crippen LogP contribution >= 0.6 is 0 Å². The summed E-state index contributed by atoms with van der Waals surface area (Å²) in [6.07, 6.45) is 2.91. The van der Waals surface area contributed by atoms with Crippen molar-refractivity contribution >= 4 is 0 Å². The monoisotopic (exact) mass is 277 g/mol. The lowest BCUT2D eigenvalue weighted by molar-refractivity contribution is -0.104. The predicted molar refractivity (Wildman–Crippen MR) is 82.0 cm³/mol. The Labute approximate surface area is 122 Å². The van der Waals surface area contributed by atoms with Crippen molar-refractivity contribution in [3.63, 3.8) is 0 Å². The third-order valence-electron chi connectivity index (χ3n) is 4.07. The Kier molecular flexibility index (Phi) is 5.58. The van der Waals surface area contributed by atoms with Gasteiger partial charge in [-0.2, -0.15) is 0 Å². The first kappa shape index (κ1) is 15.5. The van der Waals surface area contributed by atoms with Crippen molar-refractivity contribution in [3.8, 4) is 0 Å². The van der Waals surface area contributed by atoms with Crippen molar-refractivity contribution in [2.45, 2.75) is 58.0 Å². The van der Waals surface area contributed by atoms with Crippen molar-refractivity contribution in [1.82, 2.24) is 5.32 Å². The zero-order valence-corrected chi connectivity index (χ0v) is 13.1. The molecule has 1 heterocycles. The highest BCUT2D eigenvalue weighted by molar-refractivity contribution is 5.28. The Bertz CT molecular complexity index is 411. The van der Waals surface area contributed by atoms with Crippen LogP contribution in [0, 0.1) is 6.92 Å². The second-order valence-electron chi connectivity index (χ2n) is 5.88. The average molecular weight is 277 g/mol. The van der Waals surface area contributed by atoms with Gasteiger partial charge in [-0.1, -0.05) is 24.3 Å². The largest absolute Gasteiger partial charge is 0.376 e. The minimum Gasteiger partial charge on any atom is -0.376 e. The number of likely N-dealkylation sites (N-methyl/N-ethyl adjacent to an activating group) is 1. The van der Waals surface area contributed by atoms with E-state index in [1.54, 1.807) is 0 Å². The summed E-state index contributed by atoms with van der Waals surface area (Å²) in [6, 6.07) is 8.75. The number of aryl methyl sites for hydroxylation is 1. The lowest BCUT2D eigenvalue weighted by Crippen LogP contribution is -2.35. The molecule has 1 saturated heterocycles. The lowest BCUT2D eigenvalue weighted by Gasteiger charge is -2.33. The van der Waals surface area contributed by atoms with Gasteiger partial charge in [0.25, 0.3) is 0 Å². The van der Waals surface area contributed by atoms with Crippen LogP contribution in [0.25, 0.3) is 0 Å². The quantitative estimate of drug-likeness (QED) is 0.896. The van der Waals surface area contributed by atoms with Crippen LogP contribution in [0.1, 0.15) is 43.9 Å². The maximum Gasteiger partial charge on any atom is 0.0665 e. The number of hydrogen-bond donors (Lipinski definition) is 1. The van der Waals surface area contributed by atoms with Crippen molar-refractivity contribution in [2.24, 2.45) is 0 Å². The molecule has 0 bridgehead atoms. The van der Waals surface area contributed by atoms with Crippen molar-refractivity contribution in [3.05, 3.63) is 35.4 Å². The second-order valence-corrected chi connectivity index (χ2v) is 5.88. The van der Waals surface area contributed by atoms with Crippen LogP contribution in [-0.2, 0) is 9.47 Å². The molecule has 3 heteroatoms. The molecule has 1 aromatic carbocycles. The summed E-state index contributed by atoms with van der Waals surface area (Å²) < 4.78 is 11.9. The van der Waals surface area contributed by atoms with Crippen LogP contribution < -0.4 is 5.32 Å². The molecule has 1 aliphatic heterocycles. The van der Waals surface area contributed by atoms with E-state index >= 15 is 0 Å². The smallest absolute Gasteiger partial charge is 0.0665 e. The Hall–Kier alpha value is -0.900. The molecule has 2 rings (SSSR count). The molecule has 1 aromatic rings. The molecule has 20 heavy (non-hydrogen) atoms. The first-order chi connectivity index (χ1) is 9.60. The van der Waals surface area contributed by atoms with Crippen LogP contribution in [0.3, 0.4) is 0 Å². The molecule has 112 valence electrons. The second kappa shape index (κ2) is 7.21. The van der Waals surface area contributed by atoms with E-state index in [-0.39, 0.29) is 6.04 Å². The molecule has 0 aromatic heterocycles. The van der Waals surface area contributed by atoms with Gasteiger partial charge in [0.15, 0.2) is 0 Å². The molecule has 3 atom stereocenters. The zero-order chi connectivity index (χ0) is 14.5. The summed E-state index contributed by atoms with van der Waals surface area (Å²) in [5.41, 5.74) is 2.63. The van der Waals surface area contributed by atoms with Gasteiger partial charge in [0.2, 0.25) is 0 Å². The zero-order valence-electron chi connectivity index (χ0n) is 13.1. The van der Waals surface area contributed by atoms with Gasteiger partial charge in [0.05, 0.1) is 31.0 Å². The normalized spacial score (nSPS) is 28.3. The molecule has 0 radical (unpaired) electrons. The van der Waals surface area contributed by atoms with Gasteiger partial charge >= 0.3 is 0 Å². The van der Waals surface area contributed by atoms with Gasteiger partial charge in [0, 0.05) is 0 Å². The molecular formula is C17H27NO2. The van der Waals surface area contributed by atoms with Gasteiger partial charge in [-0.15, -0.1) is 0 Å². The van der Waals surface area contributed by atoms with E-state index in [4.69, 9.17) is 9.47 Å². The van der Waals surface area contributed by atoms with Gasteiger partial charge in [0.1, 0.15) is 0 Å². The number of hydrogen-bond acceptors (Lipinski definition) is 3. The van der Waals surface area contributed by atoms with E-state index < -0.39 is 0 Å². The summed E-state index contributed by atoms with van der Waals surface area (Å²) in [5, 5.41) is 3.36. The fourth-order valence-corrected chi connectivity index (χ4v) is 3.02. The first-order valence-corrected chi connectivity index (χ1v) is 7.60. The first-order valence-electron chi connectivity index (χ1n) is 7.60. The maximum atomic E-state index is 6.14. The Morgan fingerprint density at radius 1 is 1.25 bits per heavy atom. The fraction of sp³-hybridized carbons (Fsp3) is 0.647. The topological polar surface area (TPSA) is 30.5 Å². The molecule has 1 N–H and O–H groups in total. The standard InChI is InChI=1S/C17H27NO2/c1-12-7-5-6-8-16(12)17(18-4)11-19-15-9-13(2)20-14(3)10-15/h5-8,13-15,17-18H,9-11H2,1-4H3. The lowest BCUT2D eigenvalue weighted by atomic mass is 10.0. The highest BCUT2D eigenvalue weighted by atomic mass is 16.5. The molecule has 1 fully saturated rings. The molecular weight excluding hydrogens is 250 g/mol. The number of rotatable bonds is 5. The molecule has 0 saturated carbocycles. The number of nitrogens with one attached hydrogen (secondary N) is 1. The minimum atomic E-state index is 0.254. The Balaban J connectivity index is 1.93. The van der Waals surface area contributed by atoms with Crippen molar-refractivity contribution in [2.75, 3.05) is 13.7 Å². The van der Waals surface area contributed by atoms with Crippen LogP contribution in [0.15, 0.2) is 24.3 Å². The summed E-state index contributed by atoms with van der Waals surface area (Å²) >= 11 is 0. The molecule has 0 spiro atoms. The predicted octanol–water partition coefficient (Wildman–Crippen LogP) is 3.23. The third-order valence-corrected chi connectivity index (χ3v) is 4.07. The molecule has 0 amide bonds. The fourth-order valence-electron chi connectivity index (χ4n) is 3.02. The number of benzene rings is 1. The average Bonchev–Trinajstić information content (AvgIpc) is 2.40. The van der Waals surface area contributed by atoms with Gasteiger partial charge in [-0.25, -0.2) is 0 Å². The maximum absolute atomic E-state index is 6.14. The van der Waals surface area contributed by atoms with Gasteiger partial charge < -0.3 is 14.8 Å². The molecule has 0 aliphatic carbocycles. The van der Waals surface area contributed by atoms with Crippen molar-refractivity contribution in [1.29, 1.82) is 0 Å². The highest BCUT2D eigenvalue weighted by Gasteiger charge is 2.25. The SMILES string of the molecule is CNC(COC1CC(C)OC(C)C1)c1ccccc1C. The van der Waals surface area contributed by atoms with E-state index in [9.17, 15) is 0 Å². The van der Waals surface area contributed by atoms with Crippen LogP contribution in [0.5, 0.6) is 0 Å². The Morgan fingerprint density at radius 3 is 2.50 bits per heavy atom. The van der Waals surface area contributed by atoms with Crippen LogP contribution in [0.2, 0.25) is 0 Å². The number of ether oxygens (including phenoxy) is 2. The van der Waals surface area contributed by atoms with E-state index in [0.29, 0.717) is 24.9 Å². The molecule has 1 aliphatic rings. The van der Waals surface area contributed by atoms with Gasteiger partial charge in [-0.3, -0.25) is 0 Å². The van der Waals surface area contributed by atoms with Crippen LogP contribution in [-0.4, -0.2) is 32.0 Å². The highest BCUT2D eigenvalue weighted by Crippen LogP contribution is 2.24. The molecule has 3 nitrogen and oxygen atoms in total. The Morgan fingerprint density at radius 2 is 1.90 bits per heavy atom. The van der Waals surface area contributed by atoms with Crippen LogP contribution in [0.4, 0.5) is 0 Å². The minimum absolute atomic E-state index is 0.254. The van der Waals surface area contributed by atoms with E-state index in [1.165, 1.54) is 11.1 Å². The summed E-state index contributed by atoms with van der Waals surface area (Å²) in [5.74, 6) is 0. The van der Waals surface area contributed by atoms with Crippen molar-refractivity contribution < 1.29 is 9.47 Å². The van der Waals surface area contributed by atoms with E-state index in [1.807, 2.05) is 7.05 Å². The van der Waals surface area contributed by atoms with Gasteiger partial charge in [-0.05, 0) is 51.8 Å². The summed E-state index contributed by atoms with van der Waals surface area (Å²) in [6.45, 7) is 7.12. The third kappa shape index (κ3) is 4.05.